The first-order chi connectivity index (χ1) is 11.6. The molecule has 0 saturated carbocycles. The van der Waals surface area contributed by atoms with Crippen molar-refractivity contribution >= 4 is 17.7 Å². The summed E-state index contributed by atoms with van der Waals surface area (Å²) in [5.74, 6) is 0.864. The Balaban J connectivity index is 1.63. The number of carbonyl (C=O) groups excluding carboxylic acids is 1. The fourth-order valence-corrected chi connectivity index (χ4v) is 4.37. The van der Waals surface area contributed by atoms with Gasteiger partial charge in [0.2, 0.25) is 5.91 Å². The van der Waals surface area contributed by atoms with Gasteiger partial charge in [0.05, 0.1) is 6.42 Å². The lowest BCUT2D eigenvalue weighted by Gasteiger charge is -2.20. The van der Waals surface area contributed by atoms with Gasteiger partial charge in [0.25, 0.3) is 0 Å². The molecule has 4 heteroatoms. The molecule has 126 valence electrons. The van der Waals surface area contributed by atoms with Crippen LogP contribution in [-0.4, -0.2) is 29.6 Å². The quantitative estimate of drug-likeness (QED) is 0.824. The Morgan fingerprint density at radius 3 is 2.83 bits per heavy atom. The second-order valence-electron chi connectivity index (χ2n) is 6.22. The number of hydrogen-bond donors (Lipinski definition) is 0. The lowest BCUT2D eigenvalue weighted by atomic mass is 10.1. The van der Waals surface area contributed by atoms with E-state index in [1.807, 2.05) is 42.2 Å². The maximum atomic E-state index is 14.0. The van der Waals surface area contributed by atoms with Crippen LogP contribution in [0.15, 0.2) is 48.5 Å². The van der Waals surface area contributed by atoms with E-state index in [9.17, 15) is 9.18 Å². The fourth-order valence-electron chi connectivity index (χ4n) is 3.11. The third kappa shape index (κ3) is 4.18. The molecular weight excluding hydrogens is 321 g/mol. The lowest BCUT2D eigenvalue weighted by Crippen LogP contribution is -2.34. The summed E-state index contributed by atoms with van der Waals surface area (Å²) in [4.78, 5) is 14.5. The monoisotopic (exact) mass is 343 g/mol. The van der Waals surface area contributed by atoms with E-state index in [0.717, 1.165) is 29.8 Å². The zero-order chi connectivity index (χ0) is 16.9. The molecule has 0 bridgehead atoms. The molecule has 1 unspecified atom stereocenters. The molecule has 1 fully saturated rings. The van der Waals surface area contributed by atoms with Crippen LogP contribution in [-0.2, 0) is 11.2 Å². The Bertz CT molecular complexity index is 718. The minimum atomic E-state index is -0.144. The van der Waals surface area contributed by atoms with Crippen molar-refractivity contribution in [1.29, 1.82) is 0 Å². The van der Waals surface area contributed by atoms with E-state index in [0.29, 0.717) is 13.0 Å². The minimum absolute atomic E-state index is 0.128. The smallest absolute Gasteiger partial charge is 0.227 e. The van der Waals surface area contributed by atoms with E-state index >= 15 is 0 Å². The lowest BCUT2D eigenvalue weighted by molar-refractivity contribution is -0.130. The van der Waals surface area contributed by atoms with Crippen molar-refractivity contribution in [3.05, 3.63) is 71.0 Å². The summed E-state index contributed by atoms with van der Waals surface area (Å²) in [6.45, 7) is 3.46. The van der Waals surface area contributed by atoms with Crippen LogP contribution in [0.25, 0.3) is 0 Å². The van der Waals surface area contributed by atoms with E-state index in [1.165, 1.54) is 11.6 Å². The summed E-state index contributed by atoms with van der Waals surface area (Å²) in [5, 5.41) is 0.128. The van der Waals surface area contributed by atoms with Crippen molar-refractivity contribution in [2.24, 2.45) is 0 Å². The Hall–Kier alpha value is -1.81. The Kier molecular flexibility index (Phi) is 5.56. The fraction of sp³-hybridized carbons (Fsp3) is 0.350. The SMILES string of the molecule is Cc1cccc(CC(=O)N2CCSC(c3ccccc3F)CC2)c1. The number of nitrogens with zero attached hydrogens (tertiary/aromatic N) is 1. The van der Waals surface area contributed by atoms with Gasteiger partial charge in [-0.15, -0.1) is 0 Å². The number of amides is 1. The number of benzene rings is 2. The van der Waals surface area contributed by atoms with Crippen LogP contribution in [0.4, 0.5) is 4.39 Å². The number of carbonyl (C=O) groups is 1. The third-order valence-electron chi connectivity index (χ3n) is 4.38. The molecule has 1 amide bonds. The summed E-state index contributed by atoms with van der Waals surface area (Å²) in [7, 11) is 0. The zero-order valence-corrected chi connectivity index (χ0v) is 14.7. The van der Waals surface area contributed by atoms with Crippen molar-refractivity contribution < 1.29 is 9.18 Å². The van der Waals surface area contributed by atoms with Crippen molar-refractivity contribution in [2.75, 3.05) is 18.8 Å². The van der Waals surface area contributed by atoms with E-state index < -0.39 is 0 Å². The van der Waals surface area contributed by atoms with E-state index in [1.54, 1.807) is 17.8 Å². The Morgan fingerprint density at radius 2 is 2.04 bits per heavy atom. The van der Waals surface area contributed by atoms with Crippen LogP contribution < -0.4 is 0 Å². The van der Waals surface area contributed by atoms with Crippen LogP contribution >= 0.6 is 11.8 Å². The van der Waals surface area contributed by atoms with Gasteiger partial charge in [0.1, 0.15) is 5.82 Å². The van der Waals surface area contributed by atoms with Gasteiger partial charge in [0, 0.05) is 29.7 Å². The summed E-state index contributed by atoms with van der Waals surface area (Å²) in [5.41, 5.74) is 2.99. The Morgan fingerprint density at radius 1 is 1.21 bits per heavy atom. The molecule has 1 saturated heterocycles. The molecular formula is C20H22FNOS. The van der Waals surface area contributed by atoms with Gasteiger partial charge >= 0.3 is 0 Å². The number of aryl methyl sites for hydroxylation is 1. The van der Waals surface area contributed by atoms with Crippen LogP contribution in [0, 0.1) is 12.7 Å². The predicted molar refractivity (Wildman–Crippen MR) is 97.7 cm³/mol. The molecule has 24 heavy (non-hydrogen) atoms. The molecule has 0 aliphatic carbocycles. The molecule has 3 rings (SSSR count). The van der Waals surface area contributed by atoms with Gasteiger partial charge in [-0.25, -0.2) is 4.39 Å². The highest BCUT2D eigenvalue weighted by Crippen LogP contribution is 2.35. The molecule has 0 radical (unpaired) electrons. The van der Waals surface area contributed by atoms with E-state index in [2.05, 4.69) is 6.07 Å². The zero-order valence-electron chi connectivity index (χ0n) is 13.9. The standard InChI is InChI=1S/C20H22FNOS/c1-15-5-4-6-16(13-15)14-20(23)22-10-9-19(24-12-11-22)17-7-2-3-8-18(17)21/h2-8,13,19H,9-12,14H2,1H3. The highest BCUT2D eigenvalue weighted by atomic mass is 32.2. The first-order valence-corrected chi connectivity index (χ1v) is 9.38. The second kappa shape index (κ2) is 7.84. The van der Waals surface area contributed by atoms with Crippen LogP contribution in [0.1, 0.15) is 28.4 Å². The van der Waals surface area contributed by atoms with Crippen molar-refractivity contribution in [1.82, 2.24) is 4.90 Å². The second-order valence-corrected chi connectivity index (χ2v) is 7.53. The number of rotatable bonds is 3. The van der Waals surface area contributed by atoms with Gasteiger partial charge < -0.3 is 4.90 Å². The molecule has 2 aromatic carbocycles. The number of thioether (sulfide) groups is 1. The normalized spacial score (nSPS) is 18.2. The van der Waals surface area contributed by atoms with Gasteiger partial charge in [-0.05, 0) is 25.0 Å². The average molecular weight is 343 g/mol. The van der Waals surface area contributed by atoms with Crippen molar-refractivity contribution in [2.45, 2.75) is 25.0 Å². The first-order valence-electron chi connectivity index (χ1n) is 8.33. The van der Waals surface area contributed by atoms with Crippen LogP contribution in [0.5, 0.6) is 0 Å². The van der Waals surface area contributed by atoms with Crippen LogP contribution in [0.3, 0.4) is 0 Å². The third-order valence-corrected chi connectivity index (χ3v) is 5.69. The molecule has 1 heterocycles. The minimum Gasteiger partial charge on any atom is -0.342 e. The van der Waals surface area contributed by atoms with Crippen molar-refractivity contribution in [3.8, 4) is 0 Å². The topological polar surface area (TPSA) is 20.3 Å². The van der Waals surface area contributed by atoms with Gasteiger partial charge in [-0.2, -0.15) is 11.8 Å². The highest BCUT2D eigenvalue weighted by molar-refractivity contribution is 7.99. The van der Waals surface area contributed by atoms with Gasteiger partial charge in [-0.1, -0.05) is 48.0 Å². The van der Waals surface area contributed by atoms with Gasteiger partial charge in [-0.3, -0.25) is 4.79 Å². The first kappa shape index (κ1) is 17.0. The molecule has 0 N–H and O–H groups in total. The molecule has 1 atom stereocenters. The van der Waals surface area contributed by atoms with Crippen LogP contribution in [0.2, 0.25) is 0 Å². The molecule has 1 aliphatic heterocycles. The largest absolute Gasteiger partial charge is 0.342 e. The summed E-state index contributed by atoms with van der Waals surface area (Å²) < 4.78 is 14.0. The maximum Gasteiger partial charge on any atom is 0.227 e. The molecule has 0 spiro atoms. The Labute approximate surface area is 147 Å². The van der Waals surface area contributed by atoms with Gasteiger partial charge in [0.15, 0.2) is 0 Å². The number of halogens is 1. The molecule has 1 aliphatic rings. The predicted octanol–water partition coefficient (Wildman–Crippen LogP) is 4.38. The highest BCUT2D eigenvalue weighted by Gasteiger charge is 2.23. The summed E-state index contributed by atoms with van der Waals surface area (Å²) >= 11 is 1.75. The summed E-state index contributed by atoms with van der Waals surface area (Å²) in [6.07, 6.45) is 1.24. The molecule has 2 aromatic rings. The maximum absolute atomic E-state index is 14.0. The average Bonchev–Trinajstić information content (AvgIpc) is 2.81. The molecule has 0 aromatic heterocycles. The molecule has 2 nitrogen and oxygen atoms in total. The summed E-state index contributed by atoms with van der Waals surface area (Å²) in [6, 6.07) is 15.1. The van der Waals surface area contributed by atoms with E-state index in [4.69, 9.17) is 0 Å². The number of hydrogen-bond acceptors (Lipinski definition) is 2. The van der Waals surface area contributed by atoms with Crippen molar-refractivity contribution in [3.63, 3.8) is 0 Å². The van der Waals surface area contributed by atoms with E-state index in [-0.39, 0.29) is 17.0 Å².